The minimum atomic E-state index is 0.212. The van der Waals surface area contributed by atoms with Gasteiger partial charge in [0.1, 0.15) is 0 Å². The molecular formula is C14H23N. The minimum absolute atomic E-state index is 0.212. The fraction of sp³-hybridized carbons (Fsp3) is 0.571. The largest absolute Gasteiger partial charge is 0.324 e. The van der Waals surface area contributed by atoms with Crippen molar-refractivity contribution < 1.29 is 0 Å². The van der Waals surface area contributed by atoms with Crippen molar-refractivity contribution in [3.8, 4) is 0 Å². The average Bonchev–Trinajstić information content (AvgIpc) is 2.20. The van der Waals surface area contributed by atoms with Gasteiger partial charge in [-0.2, -0.15) is 0 Å². The second-order valence-electron chi connectivity index (χ2n) is 4.54. The maximum atomic E-state index is 6.20. The highest BCUT2D eigenvalue weighted by Gasteiger charge is 2.09. The van der Waals surface area contributed by atoms with E-state index < -0.39 is 0 Å². The average molecular weight is 205 g/mol. The molecule has 1 heteroatoms. The van der Waals surface area contributed by atoms with Crippen molar-refractivity contribution >= 4 is 0 Å². The number of hydrogen-bond donors (Lipinski definition) is 1. The van der Waals surface area contributed by atoms with Gasteiger partial charge in [0.25, 0.3) is 0 Å². The van der Waals surface area contributed by atoms with Crippen LogP contribution in [-0.4, -0.2) is 0 Å². The molecule has 1 nitrogen and oxygen atoms in total. The van der Waals surface area contributed by atoms with E-state index >= 15 is 0 Å². The van der Waals surface area contributed by atoms with Crippen molar-refractivity contribution in [3.63, 3.8) is 0 Å². The Balaban J connectivity index is 2.88. The van der Waals surface area contributed by atoms with Crippen LogP contribution < -0.4 is 5.73 Å². The molecule has 0 amide bonds. The van der Waals surface area contributed by atoms with Crippen LogP contribution in [0.5, 0.6) is 0 Å². The van der Waals surface area contributed by atoms with Crippen LogP contribution in [0.4, 0.5) is 0 Å². The number of hydrogen-bond acceptors (Lipinski definition) is 1. The van der Waals surface area contributed by atoms with Gasteiger partial charge >= 0.3 is 0 Å². The highest BCUT2D eigenvalue weighted by atomic mass is 14.6. The Morgan fingerprint density at radius 1 is 1.07 bits per heavy atom. The molecule has 0 saturated carbocycles. The van der Waals surface area contributed by atoms with Crippen molar-refractivity contribution in [2.24, 2.45) is 5.73 Å². The first kappa shape index (κ1) is 12.3. The third-order valence-corrected chi connectivity index (χ3v) is 3.15. The Morgan fingerprint density at radius 2 is 1.67 bits per heavy atom. The van der Waals surface area contributed by atoms with Gasteiger partial charge in [-0.25, -0.2) is 0 Å². The van der Waals surface area contributed by atoms with E-state index in [1.165, 1.54) is 35.1 Å². The molecule has 0 bridgehead atoms. The summed E-state index contributed by atoms with van der Waals surface area (Å²) in [4.78, 5) is 0. The van der Waals surface area contributed by atoms with Gasteiger partial charge in [0.2, 0.25) is 0 Å². The zero-order valence-corrected chi connectivity index (χ0v) is 10.4. The predicted molar refractivity (Wildman–Crippen MR) is 67.1 cm³/mol. The summed E-state index contributed by atoms with van der Waals surface area (Å²) in [6.45, 7) is 8.68. The summed E-state index contributed by atoms with van der Waals surface area (Å²) < 4.78 is 0. The van der Waals surface area contributed by atoms with Gasteiger partial charge in [-0.05, 0) is 49.4 Å². The van der Waals surface area contributed by atoms with Crippen molar-refractivity contribution in [3.05, 3.63) is 34.4 Å². The Kier molecular flexibility index (Phi) is 4.34. The third kappa shape index (κ3) is 3.07. The first-order valence-corrected chi connectivity index (χ1v) is 5.89. The molecule has 0 aliphatic heterocycles. The van der Waals surface area contributed by atoms with Gasteiger partial charge in [0, 0.05) is 6.04 Å². The van der Waals surface area contributed by atoms with Crippen LogP contribution in [0.15, 0.2) is 12.1 Å². The molecule has 0 radical (unpaired) electrons. The summed E-state index contributed by atoms with van der Waals surface area (Å²) in [5.74, 6) is 0. The van der Waals surface area contributed by atoms with Crippen molar-refractivity contribution in [2.75, 3.05) is 0 Å². The van der Waals surface area contributed by atoms with Crippen LogP contribution in [0.2, 0.25) is 0 Å². The van der Waals surface area contributed by atoms with Crippen molar-refractivity contribution in [1.29, 1.82) is 0 Å². The maximum absolute atomic E-state index is 6.20. The standard InChI is InChI=1S/C14H23N/c1-5-6-7-14(15)13-9-11(3)10(2)8-12(13)4/h8-9,14H,5-7,15H2,1-4H3/t14-/m1/s1. The Hall–Kier alpha value is -0.820. The highest BCUT2D eigenvalue weighted by molar-refractivity contribution is 5.38. The predicted octanol–water partition coefficient (Wildman–Crippen LogP) is 3.80. The fourth-order valence-electron chi connectivity index (χ4n) is 1.96. The molecule has 2 N–H and O–H groups in total. The summed E-state index contributed by atoms with van der Waals surface area (Å²) in [5.41, 5.74) is 11.6. The molecule has 0 aromatic heterocycles. The Bertz CT molecular complexity index is 328. The third-order valence-electron chi connectivity index (χ3n) is 3.15. The van der Waals surface area contributed by atoms with E-state index in [1.807, 2.05) is 0 Å². The summed E-state index contributed by atoms with van der Waals surface area (Å²) >= 11 is 0. The second-order valence-corrected chi connectivity index (χ2v) is 4.54. The van der Waals surface area contributed by atoms with Crippen LogP contribution in [-0.2, 0) is 0 Å². The van der Waals surface area contributed by atoms with Gasteiger partial charge in [-0.1, -0.05) is 31.9 Å². The summed E-state index contributed by atoms with van der Waals surface area (Å²) in [6.07, 6.45) is 3.53. The number of rotatable bonds is 4. The number of unbranched alkanes of at least 4 members (excludes halogenated alkanes) is 1. The van der Waals surface area contributed by atoms with Crippen LogP contribution in [0.1, 0.15) is 54.5 Å². The van der Waals surface area contributed by atoms with Crippen LogP contribution >= 0.6 is 0 Å². The monoisotopic (exact) mass is 205 g/mol. The van der Waals surface area contributed by atoms with Gasteiger partial charge in [-0.15, -0.1) is 0 Å². The van der Waals surface area contributed by atoms with Crippen LogP contribution in [0, 0.1) is 20.8 Å². The summed E-state index contributed by atoms with van der Waals surface area (Å²) in [5, 5.41) is 0. The lowest BCUT2D eigenvalue weighted by molar-refractivity contribution is 0.600. The summed E-state index contributed by atoms with van der Waals surface area (Å²) in [7, 11) is 0. The molecule has 1 rings (SSSR count). The molecule has 0 fully saturated rings. The van der Waals surface area contributed by atoms with Gasteiger partial charge in [0.05, 0.1) is 0 Å². The molecule has 1 aromatic carbocycles. The molecule has 1 aromatic rings. The van der Waals surface area contributed by atoms with Gasteiger partial charge in [0.15, 0.2) is 0 Å². The fourth-order valence-corrected chi connectivity index (χ4v) is 1.96. The lowest BCUT2D eigenvalue weighted by atomic mass is 9.94. The SMILES string of the molecule is CCCC[C@@H](N)c1cc(C)c(C)cc1C. The smallest absolute Gasteiger partial charge is 0.0297 e. The van der Waals surface area contributed by atoms with E-state index in [4.69, 9.17) is 5.73 Å². The zero-order chi connectivity index (χ0) is 11.4. The number of nitrogens with two attached hydrogens (primary N) is 1. The maximum Gasteiger partial charge on any atom is 0.0297 e. The first-order chi connectivity index (χ1) is 7.06. The van der Waals surface area contributed by atoms with E-state index in [2.05, 4.69) is 39.8 Å². The first-order valence-electron chi connectivity index (χ1n) is 5.89. The minimum Gasteiger partial charge on any atom is -0.324 e. The molecule has 0 unspecified atom stereocenters. The molecule has 1 atom stereocenters. The zero-order valence-electron chi connectivity index (χ0n) is 10.4. The Morgan fingerprint density at radius 3 is 2.27 bits per heavy atom. The molecule has 0 spiro atoms. The molecule has 0 aliphatic carbocycles. The molecule has 0 heterocycles. The number of aryl methyl sites for hydroxylation is 3. The molecular weight excluding hydrogens is 182 g/mol. The number of benzene rings is 1. The molecule has 15 heavy (non-hydrogen) atoms. The Labute approximate surface area is 93.7 Å². The van der Waals surface area contributed by atoms with E-state index in [-0.39, 0.29) is 6.04 Å². The molecule has 0 saturated heterocycles. The van der Waals surface area contributed by atoms with Crippen LogP contribution in [0.25, 0.3) is 0 Å². The molecule has 84 valence electrons. The molecule has 0 aliphatic rings. The quantitative estimate of drug-likeness (QED) is 0.795. The van der Waals surface area contributed by atoms with Gasteiger partial charge < -0.3 is 5.73 Å². The van der Waals surface area contributed by atoms with Crippen molar-refractivity contribution in [1.82, 2.24) is 0 Å². The normalized spacial score (nSPS) is 12.9. The topological polar surface area (TPSA) is 26.0 Å². The lowest BCUT2D eigenvalue weighted by Crippen LogP contribution is -2.12. The second kappa shape index (κ2) is 5.32. The lowest BCUT2D eigenvalue weighted by Gasteiger charge is -2.16. The summed E-state index contributed by atoms with van der Waals surface area (Å²) in [6, 6.07) is 4.71. The van der Waals surface area contributed by atoms with E-state index in [1.54, 1.807) is 0 Å². The van der Waals surface area contributed by atoms with E-state index in [9.17, 15) is 0 Å². The van der Waals surface area contributed by atoms with E-state index in [0.717, 1.165) is 6.42 Å². The highest BCUT2D eigenvalue weighted by Crippen LogP contribution is 2.23. The van der Waals surface area contributed by atoms with Crippen molar-refractivity contribution in [2.45, 2.75) is 53.0 Å². The van der Waals surface area contributed by atoms with E-state index in [0.29, 0.717) is 0 Å². The van der Waals surface area contributed by atoms with Gasteiger partial charge in [-0.3, -0.25) is 0 Å². The van der Waals surface area contributed by atoms with Crippen LogP contribution in [0.3, 0.4) is 0 Å².